The van der Waals surface area contributed by atoms with Gasteiger partial charge in [0.15, 0.2) is 15.6 Å². The quantitative estimate of drug-likeness (QED) is 0.619. The Morgan fingerprint density at radius 2 is 1.87 bits per heavy atom. The normalized spacial score (nSPS) is 21.2. The van der Waals surface area contributed by atoms with Crippen molar-refractivity contribution in [3.8, 4) is 0 Å². The molecule has 8 nitrogen and oxygen atoms in total. The molecule has 0 aliphatic carbocycles. The minimum Gasteiger partial charge on any atom is -0.451 e. The van der Waals surface area contributed by atoms with Crippen LogP contribution < -0.4 is 4.90 Å². The van der Waals surface area contributed by atoms with E-state index in [2.05, 4.69) is 10.00 Å². The number of piperazine rings is 1. The van der Waals surface area contributed by atoms with Gasteiger partial charge in [-0.25, -0.2) is 8.42 Å². The molecule has 9 heteroatoms. The SMILES string of the molecule is Cc1nn(C2CCS(=O)(=O)C2)c(C)c1N1CCN(C(=O)c2cc3ccccc3o2)CC1. The number of aromatic nitrogens is 2. The highest BCUT2D eigenvalue weighted by Crippen LogP contribution is 2.32. The summed E-state index contributed by atoms with van der Waals surface area (Å²) in [5, 5.41) is 5.60. The number of para-hydroxylation sites is 1. The summed E-state index contributed by atoms with van der Waals surface area (Å²) >= 11 is 0. The maximum absolute atomic E-state index is 12.9. The highest BCUT2D eigenvalue weighted by atomic mass is 32.2. The number of aryl methyl sites for hydroxylation is 1. The molecule has 0 saturated carbocycles. The standard InChI is InChI=1S/C22H26N4O4S/c1-15-21(16(2)26(23-15)18-7-12-31(28,29)14-18)24-8-10-25(11-9-24)22(27)20-13-17-5-3-4-6-19(17)30-20/h3-6,13,18H,7-12,14H2,1-2H3. The molecule has 0 radical (unpaired) electrons. The van der Waals surface area contributed by atoms with Gasteiger partial charge in [0.25, 0.3) is 5.91 Å². The van der Waals surface area contributed by atoms with E-state index < -0.39 is 9.84 Å². The number of rotatable bonds is 3. The van der Waals surface area contributed by atoms with Crippen LogP contribution in [-0.4, -0.2) is 66.7 Å². The number of nitrogens with zero attached hydrogens (tertiary/aromatic N) is 4. The van der Waals surface area contributed by atoms with E-state index in [1.54, 1.807) is 6.07 Å². The van der Waals surface area contributed by atoms with Crippen LogP contribution in [0.25, 0.3) is 11.0 Å². The van der Waals surface area contributed by atoms with Gasteiger partial charge >= 0.3 is 0 Å². The molecule has 1 unspecified atom stereocenters. The van der Waals surface area contributed by atoms with Gasteiger partial charge in [-0.3, -0.25) is 9.48 Å². The van der Waals surface area contributed by atoms with Gasteiger partial charge in [0.2, 0.25) is 0 Å². The number of furan rings is 1. The average molecular weight is 443 g/mol. The Morgan fingerprint density at radius 3 is 2.55 bits per heavy atom. The van der Waals surface area contributed by atoms with Gasteiger partial charge in [0.1, 0.15) is 5.58 Å². The Hall–Kier alpha value is -2.81. The summed E-state index contributed by atoms with van der Waals surface area (Å²) in [6.45, 7) is 6.56. The van der Waals surface area contributed by atoms with Crippen LogP contribution >= 0.6 is 0 Å². The van der Waals surface area contributed by atoms with Crippen molar-refractivity contribution in [2.75, 3.05) is 42.6 Å². The van der Waals surface area contributed by atoms with Crippen LogP contribution in [0, 0.1) is 13.8 Å². The van der Waals surface area contributed by atoms with E-state index in [9.17, 15) is 13.2 Å². The Kier molecular flexibility index (Phi) is 4.80. The first-order valence-corrected chi connectivity index (χ1v) is 12.4. The van der Waals surface area contributed by atoms with E-state index in [1.165, 1.54) is 0 Å². The van der Waals surface area contributed by atoms with Crippen molar-refractivity contribution in [1.29, 1.82) is 0 Å². The van der Waals surface area contributed by atoms with E-state index in [0.717, 1.165) is 28.0 Å². The van der Waals surface area contributed by atoms with Gasteiger partial charge in [-0.1, -0.05) is 18.2 Å². The first kappa shape index (κ1) is 20.1. The Morgan fingerprint density at radius 1 is 1.13 bits per heavy atom. The smallest absolute Gasteiger partial charge is 0.289 e. The second-order valence-electron chi connectivity index (χ2n) is 8.45. The van der Waals surface area contributed by atoms with E-state index in [1.807, 2.05) is 47.7 Å². The van der Waals surface area contributed by atoms with E-state index >= 15 is 0 Å². The number of anilines is 1. The fourth-order valence-corrected chi connectivity index (χ4v) is 6.50. The molecule has 0 N–H and O–H groups in total. The number of carbonyl (C=O) groups is 1. The first-order chi connectivity index (χ1) is 14.8. The molecule has 4 heterocycles. The highest BCUT2D eigenvalue weighted by molar-refractivity contribution is 7.91. The maximum Gasteiger partial charge on any atom is 0.289 e. The summed E-state index contributed by atoms with van der Waals surface area (Å²) in [5.41, 5.74) is 3.67. The Labute approximate surface area is 181 Å². The summed E-state index contributed by atoms with van der Waals surface area (Å²) in [6.07, 6.45) is 0.615. The van der Waals surface area contributed by atoms with Crippen LogP contribution in [-0.2, 0) is 9.84 Å². The van der Waals surface area contributed by atoms with Crippen LogP contribution in [0.1, 0.15) is 34.4 Å². The Balaban J connectivity index is 1.30. The van der Waals surface area contributed by atoms with Crippen molar-refractivity contribution in [2.24, 2.45) is 0 Å². The molecule has 164 valence electrons. The summed E-state index contributed by atoms with van der Waals surface area (Å²) in [6, 6.07) is 9.34. The zero-order chi connectivity index (χ0) is 21.8. The summed E-state index contributed by atoms with van der Waals surface area (Å²) in [5.74, 6) is 0.677. The number of hydrogen-bond donors (Lipinski definition) is 0. The van der Waals surface area contributed by atoms with E-state index in [0.29, 0.717) is 38.4 Å². The molecule has 2 aliphatic rings. The van der Waals surface area contributed by atoms with Gasteiger partial charge in [-0.15, -0.1) is 0 Å². The van der Waals surface area contributed by atoms with Gasteiger partial charge in [-0.05, 0) is 32.4 Å². The average Bonchev–Trinajstić information content (AvgIpc) is 3.42. The van der Waals surface area contributed by atoms with Crippen LogP contribution in [0.15, 0.2) is 34.7 Å². The number of amides is 1. The first-order valence-electron chi connectivity index (χ1n) is 10.6. The molecule has 2 fully saturated rings. The van der Waals surface area contributed by atoms with Crippen LogP contribution in [0.4, 0.5) is 5.69 Å². The Bertz CT molecular complexity index is 1220. The predicted octanol–water partition coefficient (Wildman–Crippen LogP) is 2.57. The number of carbonyl (C=O) groups excluding carboxylic acids is 1. The molecule has 1 aromatic carbocycles. The van der Waals surface area contributed by atoms with Crippen LogP contribution in [0.5, 0.6) is 0 Å². The third kappa shape index (κ3) is 3.60. The molecular weight excluding hydrogens is 416 g/mol. The second kappa shape index (κ2) is 7.40. The second-order valence-corrected chi connectivity index (χ2v) is 10.7. The number of benzene rings is 1. The van der Waals surface area contributed by atoms with Crippen molar-refractivity contribution in [3.05, 3.63) is 47.5 Å². The number of sulfone groups is 1. The molecule has 2 aliphatic heterocycles. The largest absolute Gasteiger partial charge is 0.451 e. The molecule has 1 amide bonds. The lowest BCUT2D eigenvalue weighted by Crippen LogP contribution is -2.49. The molecule has 0 spiro atoms. The lowest BCUT2D eigenvalue weighted by Gasteiger charge is -2.36. The molecule has 0 bridgehead atoms. The fourth-order valence-electron chi connectivity index (χ4n) is 4.81. The van der Waals surface area contributed by atoms with Gasteiger partial charge in [-0.2, -0.15) is 5.10 Å². The fraction of sp³-hybridized carbons (Fsp3) is 0.455. The minimum atomic E-state index is -2.97. The highest BCUT2D eigenvalue weighted by Gasteiger charge is 2.33. The lowest BCUT2D eigenvalue weighted by molar-refractivity contribution is 0.0717. The molecule has 2 aromatic heterocycles. The van der Waals surface area contributed by atoms with Gasteiger partial charge in [0, 0.05) is 31.6 Å². The molecule has 31 heavy (non-hydrogen) atoms. The third-order valence-corrected chi connectivity index (χ3v) is 8.11. The zero-order valence-electron chi connectivity index (χ0n) is 17.7. The third-order valence-electron chi connectivity index (χ3n) is 6.36. The predicted molar refractivity (Wildman–Crippen MR) is 118 cm³/mol. The molecule has 3 aromatic rings. The lowest BCUT2D eigenvalue weighted by atomic mass is 10.2. The van der Waals surface area contributed by atoms with Gasteiger partial charge < -0.3 is 14.2 Å². The number of hydrogen-bond acceptors (Lipinski definition) is 6. The van der Waals surface area contributed by atoms with Crippen molar-refractivity contribution in [1.82, 2.24) is 14.7 Å². The molecule has 1 atom stereocenters. The number of fused-ring (bicyclic) bond motifs is 1. The van der Waals surface area contributed by atoms with E-state index in [4.69, 9.17) is 4.42 Å². The van der Waals surface area contributed by atoms with Gasteiger partial charge in [0.05, 0.1) is 34.6 Å². The van der Waals surface area contributed by atoms with Crippen molar-refractivity contribution < 1.29 is 17.6 Å². The summed E-state index contributed by atoms with van der Waals surface area (Å²) in [4.78, 5) is 17.0. The molecular formula is C22H26N4O4S. The summed E-state index contributed by atoms with van der Waals surface area (Å²) in [7, 11) is -2.97. The molecule has 2 saturated heterocycles. The van der Waals surface area contributed by atoms with Crippen molar-refractivity contribution in [2.45, 2.75) is 26.3 Å². The van der Waals surface area contributed by atoms with Crippen molar-refractivity contribution >= 4 is 32.4 Å². The van der Waals surface area contributed by atoms with E-state index in [-0.39, 0.29) is 23.5 Å². The molecule has 5 rings (SSSR count). The minimum absolute atomic E-state index is 0.0869. The summed E-state index contributed by atoms with van der Waals surface area (Å²) < 4.78 is 31.4. The van der Waals surface area contributed by atoms with Crippen molar-refractivity contribution in [3.63, 3.8) is 0 Å². The van der Waals surface area contributed by atoms with Crippen LogP contribution in [0.2, 0.25) is 0 Å². The zero-order valence-corrected chi connectivity index (χ0v) is 18.6. The topological polar surface area (TPSA) is 88.7 Å². The maximum atomic E-state index is 12.9. The monoisotopic (exact) mass is 442 g/mol. The van der Waals surface area contributed by atoms with Crippen LogP contribution in [0.3, 0.4) is 0 Å².